The number of fused-ring (bicyclic) bond motifs is 1. The van der Waals surface area contributed by atoms with Gasteiger partial charge in [-0.05, 0) is 69.0 Å². The monoisotopic (exact) mass is 388 g/mol. The first-order chi connectivity index (χ1) is 13.8. The van der Waals surface area contributed by atoms with E-state index in [0.717, 1.165) is 16.7 Å². The van der Waals surface area contributed by atoms with Gasteiger partial charge < -0.3 is 5.32 Å². The molecule has 2 atom stereocenters. The molecule has 2 aromatic rings. The molecule has 2 aliphatic rings. The zero-order chi connectivity index (χ0) is 20.7. The van der Waals surface area contributed by atoms with Gasteiger partial charge in [-0.1, -0.05) is 29.8 Å². The van der Waals surface area contributed by atoms with Gasteiger partial charge in [-0.3, -0.25) is 14.4 Å². The SMILES string of the molecule is CC1=CC[C@@H]2C(=O)N(c3ccccc3C(=O)Nc3cc(C)cc(C)c3)C(=O)[C@@H]2C1. The lowest BCUT2D eigenvalue weighted by atomic mass is 9.82. The van der Waals surface area contributed by atoms with Crippen LogP contribution >= 0.6 is 0 Å². The summed E-state index contributed by atoms with van der Waals surface area (Å²) in [4.78, 5) is 40.3. The third kappa shape index (κ3) is 3.48. The van der Waals surface area contributed by atoms with Gasteiger partial charge in [0.1, 0.15) is 0 Å². The normalized spacial score (nSPS) is 21.1. The van der Waals surface area contributed by atoms with Crippen LogP contribution in [0.2, 0.25) is 0 Å². The molecule has 5 heteroatoms. The Morgan fingerprint density at radius 3 is 2.34 bits per heavy atom. The van der Waals surface area contributed by atoms with E-state index >= 15 is 0 Å². The molecule has 1 saturated heterocycles. The Morgan fingerprint density at radius 1 is 0.966 bits per heavy atom. The lowest BCUT2D eigenvalue weighted by molar-refractivity contribution is -0.122. The summed E-state index contributed by atoms with van der Waals surface area (Å²) < 4.78 is 0. The van der Waals surface area contributed by atoms with Crippen molar-refractivity contribution < 1.29 is 14.4 Å². The van der Waals surface area contributed by atoms with Crippen molar-refractivity contribution in [2.45, 2.75) is 33.6 Å². The molecule has 29 heavy (non-hydrogen) atoms. The number of nitrogens with zero attached hydrogens (tertiary/aromatic N) is 1. The third-order valence-corrected chi connectivity index (χ3v) is 5.69. The van der Waals surface area contributed by atoms with Gasteiger partial charge in [0.05, 0.1) is 23.1 Å². The van der Waals surface area contributed by atoms with Crippen molar-refractivity contribution >= 4 is 29.1 Å². The average Bonchev–Trinajstić information content (AvgIpc) is 2.91. The third-order valence-electron chi connectivity index (χ3n) is 5.69. The van der Waals surface area contributed by atoms with E-state index in [1.165, 1.54) is 4.90 Å². The quantitative estimate of drug-likeness (QED) is 0.626. The smallest absolute Gasteiger partial charge is 0.257 e. The van der Waals surface area contributed by atoms with Crippen molar-refractivity contribution in [1.82, 2.24) is 0 Å². The van der Waals surface area contributed by atoms with Gasteiger partial charge in [0.2, 0.25) is 11.8 Å². The Balaban J connectivity index is 1.66. The number of anilines is 2. The summed E-state index contributed by atoms with van der Waals surface area (Å²) >= 11 is 0. The second-order valence-corrected chi connectivity index (χ2v) is 8.06. The van der Waals surface area contributed by atoms with Crippen LogP contribution in [0.15, 0.2) is 54.1 Å². The van der Waals surface area contributed by atoms with Crippen molar-refractivity contribution in [3.05, 3.63) is 70.8 Å². The number of carbonyl (C=O) groups excluding carboxylic acids is 3. The number of amides is 3. The van der Waals surface area contributed by atoms with Crippen LogP contribution in [-0.4, -0.2) is 17.7 Å². The topological polar surface area (TPSA) is 66.5 Å². The van der Waals surface area contributed by atoms with Crippen LogP contribution in [0.5, 0.6) is 0 Å². The maximum atomic E-state index is 13.1. The minimum atomic E-state index is -0.338. The summed E-state index contributed by atoms with van der Waals surface area (Å²) in [6.45, 7) is 5.92. The highest BCUT2D eigenvalue weighted by Gasteiger charge is 2.49. The molecule has 0 unspecified atom stereocenters. The van der Waals surface area contributed by atoms with Gasteiger partial charge >= 0.3 is 0 Å². The number of carbonyl (C=O) groups is 3. The molecule has 0 saturated carbocycles. The molecule has 5 nitrogen and oxygen atoms in total. The number of benzene rings is 2. The summed E-state index contributed by atoms with van der Waals surface area (Å²) in [7, 11) is 0. The Labute approximate surface area is 170 Å². The van der Waals surface area contributed by atoms with Gasteiger partial charge in [0, 0.05) is 5.69 Å². The number of allylic oxidation sites excluding steroid dienone is 2. The van der Waals surface area contributed by atoms with E-state index in [2.05, 4.69) is 5.32 Å². The Hall–Kier alpha value is -3.21. The molecule has 4 rings (SSSR count). The largest absolute Gasteiger partial charge is 0.322 e. The standard InChI is InChI=1S/C24H24N2O3/c1-14-8-9-18-20(13-14)24(29)26(23(18)28)21-7-5-4-6-19(21)22(27)25-17-11-15(2)10-16(3)12-17/h4-8,10-12,18,20H,9,13H2,1-3H3,(H,25,27)/t18-,20+/m0/s1. The number of imide groups is 1. The lowest BCUT2D eigenvalue weighted by Gasteiger charge is -2.19. The van der Waals surface area contributed by atoms with Crippen LogP contribution in [-0.2, 0) is 9.59 Å². The van der Waals surface area contributed by atoms with Gasteiger partial charge in [0.15, 0.2) is 0 Å². The molecule has 0 bridgehead atoms. The molecule has 1 aliphatic heterocycles. The van der Waals surface area contributed by atoms with Gasteiger partial charge in [-0.25, -0.2) is 4.90 Å². The summed E-state index contributed by atoms with van der Waals surface area (Å²) in [6.07, 6.45) is 3.21. The highest BCUT2D eigenvalue weighted by Crippen LogP contribution is 2.40. The maximum Gasteiger partial charge on any atom is 0.257 e. The Morgan fingerprint density at radius 2 is 1.62 bits per heavy atom. The van der Waals surface area contributed by atoms with Crippen LogP contribution < -0.4 is 10.2 Å². The molecule has 3 amide bonds. The highest BCUT2D eigenvalue weighted by atomic mass is 16.2. The zero-order valence-electron chi connectivity index (χ0n) is 16.9. The minimum Gasteiger partial charge on any atom is -0.322 e. The molecule has 0 radical (unpaired) electrons. The maximum absolute atomic E-state index is 13.1. The fourth-order valence-electron chi connectivity index (χ4n) is 4.38. The minimum absolute atomic E-state index is 0.209. The van der Waals surface area contributed by atoms with Crippen LogP contribution in [0.4, 0.5) is 11.4 Å². The first-order valence-corrected chi connectivity index (χ1v) is 9.87. The summed E-state index contributed by atoms with van der Waals surface area (Å²) in [5.41, 5.74) is 4.59. The number of aryl methyl sites for hydroxylation is 2. The van der Waals surface area contributed by atoms with Gasteiger partial charge in [-0.15, -0.1) is 0 Å². The van der Waals surface area contributed by atoms with E-state index in [9.17, 15) is 14.4 Å². The molecular weight excluding hydrogens is 364 g/mol. The summed E-state index contributed by atoms with van der Waals surface area (Å²) in [6, 6.07) is 12.6. The molecule has 1 aliphatic carbocycles. The van der Waals surface area contributed by atoms with Crippen molar-refractivity contribution in [2.75, 3.05) is 10.2 Å². The average molecular weight is 388 g/mol. The zero-order valence-corrected chi connectivity index (χ0v) is 16.9. The second-order valence-electron chi connectivity index (χ2n) is 8.06. The van der Waals surface area contributed by atoms with E-state index in [1.807, 2.05) is 45.0 Å². The van der Waals surface area contributed by atoms with Crippen molar-refractivity contribution in [3.63, 3.8) is 0 Å². The van der Waals surface area contributed by atoms with Crippen LogP contribution in [0.25, 0.3) is 0 Å². The van der Waals surface area contributed by atoms with Gasteiger partial charge in [-0.2, -0.15) is 0 Å². The molecule has 1 N–H and O–H groups in total. The molecular formula is C24H24N2O3. The molecule has 1 heterocycles. The van der Waals surface area contributed by atoms with Crippen LogP contribution in [0, 0.1) is 25.7 Å². The molecule has 0 spiro atoms. The van der Waals surface area contributed by atoms with E-state index in [1.54, 1.807) is 24.3 Å². The predicted molar refractivity (Wildman–Crippen MR) is 113 cm³/mol. The molecule has 2 aromatic carbocycles. The van der Waals surface area contributed by atoms with Crippen LogP contribution in [0.3, 0.4) is 0 Å². The number of rotatable bonds is 3. The van der Waals surface area contributed by atoms with Crippen molar-refractivity contribution in [3.8, 4) is 0 Å². The number of para-hydroxylation sites is 1. The van der Waals surface area contributed by atoms with Crippen molar-refractivity contribution in [1.29, 1.82) is 0 Å². The van der Waals surface area contributed by atoms with Gasteiger partial charge in [0.25, 0.3) is 5.91 Å². The van der Waals surface area contributed by atoms with E-state index in [-0.39, 0.29) is 29.6 Å². The predicted octanol–water partition coefficient (Wildman–Crippen LogP) is 4.40. The van der Waals surface area contributed by atoms with Crippen LogP contribution in [0.1, 0.15) is 41.3 Å². The Kier molecular flexibility index (Phi) is 4.82. The number of hydrogen-bond acceptors (Lipinski definition) is 3. The first kappa shape index (κ1) is 19.1. The first-order valence-electron chi connectivity index (χ1n) is 9.87. The van der Waals surface area contributed by atoms with E-state index < -0.39 is 0 Å². The summed E-state index contributed by atoms with van der Waals surface area (Å²) in [5.74, 6) is -1.42. The van der Waals surface area contributed by atoms with E-state index in [0.29, 0.717) is 29.8 Å². The second kappa shape index (κ2) is 7.32. The molecule has 148 valence electrons. The summed E-state index contributed by atoms with van der Waals surface area (Å²) in [5, 5.41) is 2.90. The fraction of sp³-hybridized carbons (Fsp3) is 0.292. The highest BCUT2D eigenvalue weighted by molar-refractivity contribution is 6.25. The Bertz CT molecular complexity index is 1030. The lowest BCUT2D eigenvalue weighted by Crippen LogP contribution is -2.33. The fourth-order valence-corrected chi connectivity index (χ4v) is 4.38. The molecule has 0 aromatic heterocycles. The van der Waals surface area contributed by atoms with Crippen molar-refractivity contribution in [2.24, 2.45) is 11.8 Å². The van der Waals surface area contributed by atoms with E-state index in [4.69, 9.17) is 0 Å². The molecule has 1 fully saturated rings. The number of nitrogens with one attached hydrogen (secondary N) is 1. The number of hydrogen-bond donors (Lipinski definition) is 1.